The Morgan fingerprint density at radius 1 is 1.35 bits per heavy atom. The molecule has 3 rings (SSSR count). The third-order valence-electron chi connectivity index (χ3n) is 4.37. The van der Waals surface area contributed by atoms with Crippen molar-refractivity contribution in [3.05, 3.63) is 35.4 Å². The highest BCUT2D eigenvalue weighted by molar-refractivity contribution is 5.38. The van der Waals surface area contributed by atoms with Gasteiger partial charge in [0.25, 0.3) is 0 Å². The second-order valence-electron chi connectivity index (χ2n) is 5.70. The smallest absolute Gasteiger partial charge is 0.129 e. The molecule has 17 heavy (non-hydrogen) atoms. The molecule has 2 aliphatic rings. The summed E-state index contributed by atoms with van der Waals surface area (Å²) in [6.07, 6.45) is 1.05. The molecule has 1 heterocycles. The van der Waals surface area contributed by atoms with Gasteiger partial charge in [0, 0.05) is 30.6 Å². The van der Waals surface area contributed by atoms with Gasteiger partial charge in [-0.3, -0.25) is 4.90 Å². The van der Waals surface area contributed by atoms with Crippen molar-refractivity contribution < 1.29 is 8.78 Å². The highest BCUT2D eigenvalue weighted by Gasteiger charge is 2.61. The minimum absolute atomic E-state index is 0.0257. The lowest BCUT2D eigenvalue weighted by Gasteiger charge is -2.24. The Labute approximate surface area is 100 Å². The first-order valence-corrected chi connectivity index (χ1v) is 6.22. The van der Waals surface area contributed by atoms with E-state index < -0.39 is 5.82 Å². The first kappa shape index (κ1) is 11.1. The quantitative estimate of drug-likeness (QED) is 0.764. The van der Waals surface area contributed by atoms with E-state index in [-0.39, 0.29) is 11.2 Å². The summed E-state index contributed by atoms with van der Waals surface area (Å²) < 4.78 is 26.8. The summed E-state index contributed by atoms with van der Waals surface area (Å²) in [7, 11) is 0. The molecule has 1 aromatic rings. The van der Waals surface area contributed by atoms with Gasteiger partial charge in [0.05, 0.1) is 0 Å². The Hall–Kier alpha value is -0.960. The van der Waals surface area contributed by atoms with Gasteiger partial charge in [-0.2, -0.15) is 0 Å². The van der Waals surface area contributed by atoms with E-state index in [0.29, 0.717) is 17.5 Å². The zero-order valence-electron chi connectivity index (χ0n) is 10.2. The fourth-order valence-electron chi connectivity index (χ4n) is 3.23. The van der Waals surface area contributed by atoms with Crippen molar-refractivity contribution in [3.8, 4) is 0 Å². The lowest BCUT2D eigenvalue weighted by Crippen LogP contribution is -2.32. The third-order valence-corrected chi connectivity index (χ3v) is 4.37. The molecule has 1 unspecified atom stereocenters. The van der Waals surface area contributed by atoms with Crippen LogP contribution in [0.3, 0.4) is 0 Å². The molecule has 0 amide bonds. The maximum Gasteiger partial charge on any atom is 0.129 e. The first-order valence-electron chi connectivity index (χ1n) is 6.22. The van der Waals surface area contributed by atoms with Crippen LogP contribution in [0.15, 0.2) is 18.2 Å². The van der Waals surface area contributed by atoms with Crippen molar-refractivity contribution in [1.29, 1.82) is 0 Å². The second kappa shape index (κ2) is 3.52. The average Bonchev–Trinajstić information content (AvgIpc) is 2.80. The maximum atomic E-state index is 13.8. The van der Waals surface area contributed by atoms with Crippen LogP contribution in [0.2, 0.25) is 0 Å². The van der Waals surface area contributed by atoms with Crippen molar-refractivity contribution in [2.24, 2.45) is 5.92 Å². The molecule has 1 aromatic carbocycles. The van der Waals surface area contributed by atoms with Gasteiger partial charge < -0.3 is 0 Å². The van der Waals surface area contributed by atoms with E-state index >= 15 is 0 Å². The number of halogens is 2. The summed E-state index contributed by atoms with van der Waals surface area (Å²) in [5.41, 5.74) is 0.689. The topological polar surface area (TPSA) is 3.24 Å². The van der Waals surface area contributed by atoms with Crippen LogP contribution in [0.4, 0.5) is 8.78 Å². The molecule has 2 fully saturated rings. The Kier molecular flexibility index (Phi) is 2.31. The van der Waals surface area contributed by atoms with Crippen molar-refractivity contribution in [3.63, 3.8) is 0 Å². The summed E-state index contributed by atoms with van der Waals surface area (Å²) >= 11 is 0. The lowest BCUT2D eigenvalue weighted by atomic mass is 9.94. The van der Waals surface area contributed by atoms with E-state index in [1.165, 1.54) is 6.07 Å². The zero-order valence-corrected chi connectivity index (χ0v) is 10.2. The predicted molar refractivity (Wildman–Crippen MR) is 62.9 cm³/mol. The van der Waals surface area contributed by atoms with Crippen molar-refractivity contribution in [1.82, 2.24) is 4.90 Å². The number of fused-ring (bicyclic) bond motifs is 1. The van der Waals surface area contributed by atoms with Gasteiger partial charge in [-0.1, -0.05) is 6.07 Å². The van der Waals surface area contributed by atoms with E-state index in [1.807, 2.05) is 0 Å². The van der Waals surface area contributed by atoms with Crippen LogP contribution in [0.1, 0.15) is 25.8 Å². The molecule has 1 nitrogen and oxygen atoms in total. The molecule has 0 spiro atoms. The van der Waals surface area contributed by atoms with E-state index in [2.05, 4.69) is 18.7 Å². The molecule has 3 heteroatoms. The lowest BCUT2D eigenvalue weighted by molar-refractivity contribution is 0.242. The number of likely N-dealkylation sites (tertiary alicyclic amines) is 1. The van der Waals surface area contributed by atoms with Crippen LogP contribution < -0.4 is 0 Å². The Morgan fingerprint density at radius 3 is 2.71 bits per heavy atom. The Morgan fingerprint density at radius 2 is 2.12 bits per heavy atom. The molecule has 0 N–H and O–H groups in total. The van der Waals surface area contributed by atoms with Crippen LogP contribution in [-0.4, -0.2) is 24.0 Å². The number of hydrogen-bond donors (Lipinski definition) is 0. The van der Waals surface area contributed by atoms with Crippen LogP contribution >= 0.6 is 0 Å². The van der Waals surface area contributed by atoms with Gasteiger partial charge in [-0.15, -0.1) is 0 Å². The van der Waals surface area contributed by atoms with Gasteiger partial charge >= 0.3 is 0 Å². The fraction of sp³-hybridized carbons (Fsp3) is 0.571. The molecule has 92 valence electrons. The number of hydrogen-bond acceptors (Lipinski definition) is 1. The summed E-state index contributed by atoms with van der Waals surface area (Å²) in [5, 5.41) is 0. The normalized spacial score (nSPS) is 31.9. The molecule has 1 aliphatic carbocycles. The highest BCUT2D eigenvalue weighted by atomic mass is 19.1. The largest absolute Gasteiger partial charge is 0.300 e. The molecular formula is C14H17F2N. The van der Waals surface area contributed by atoms with Gasteiger partial charge in [-0.05, 0) is 37.8 Å². The molecule has 0 radical (unpaired) electrons. The number of benzene rings is 1. The first-order chi connectivity index (χ1) is 8.03. The monoisotopic (exact) mass is 237 g/mol. The van der Waals surface area contributed by atoms with Crippen LogP contribution in [0.25, 0.3) is 0 Å². The predicted octanol–water partition coefficient (Wildman–Crippen LogP) is 2.95. The van der Waals surface area contributed by atoms with Crippen LogP contribution in [0.5, 0.6) is 0 Å². The minimum atomic E-state index is -0.487. The highest BCUT2D eigenvalue weighted by Crippen LogP contribution is 2.59. The van der Waals surface area contributed by atoms with Crippen LogP contribution in [-0.2, 0) is 5.41 Å². The van der Waals surface area contributed by atoms with E-state index in [4.69, 9.17) is 0 Å². The SMILES string of the molecule is CC(C)N1CC2C[C@@]2(c2ccc(F)cc2F)C1. The maximum absolute atomic E-state index is 13.8. The van der Waals surface area contributed by atoms with E-state index in [0.717, 1.165) is 25.6 Å². The molecule has 2 atom stereocenters. The fourth-order valence-corrected chi connectivity index (χ4v) is 3.23. The number of rotatable bonds is 2. The average molecular weight is 237 g/mol. The van der Waals surface area contributed by atoms with Crippen molar-refractivity contribution in [2.75, 3.05) is 13.1 Å². The number of piperidine rings is 1. The Bertz CT molecular complexity index is 458. The molecule has 0 bridgehead atoms. The molecule has 1 saturated heterocycles. The summed E-state index contributed by atoms with van der Waals surface area (Å²) in [6.45, 7) is 6.30. The van der Waals surface area contributed by atoms with Gasteiger partial charge in [-0.25, -0.2) is 8.78 Å². The number of nitrogens with zero attached hydrogens (tertiary/aromatic N) is 1. The van der Waals surface area contributed by atoms with Gasteiger partial charge in [0.1, 0.15) is 11.6 Å². The molecule has 1 saturated carbocycles. The third kappa shape index (κ3) is 1.60. The van der Waals surface area contributed by atoms with Gasteiger partial charge in [0.15, 0.2) is 0 Å². The van der Waals surface area contributed by atoms with Crippen molar-refractivity contribution in [2.45, 2.75) is 31.7 Å². The standard InChI is InChI=1S/C14H17F2N/c1-9(2)17-7-10-6-14(10,8-17)12-4-3-11(15)5-13(12)16/h3-5,9-10H,6-8H2,1-2H3/t10?,14-/m1/s1. The van der Waals surface area contributed by atoms with Crippen molar-refractivity contribution >= 4 is 0 Å². The molecule has 1 aliphatic heterocycles. The van der Waals surface area contributed by atoms with E-state index in [1.54, 1.807) is 6.07 Å². The molecule has 0 aromatic heterocycles. The van der Waals surface area contributed by atoms with E-state index in [9.17, 15) is 8.78 Å². The minimum Gasteiger partial charge on any atom is -0.300 e. The van der Waals surface area contributed by atoms with Crippen LogP contribution in [0, 0.1) is 17.6 Å². The zero-order chi connectivity index (χ0) is 12.2. The van der Waals surface area contributed by atoms with Gasteiger partial charge in [0.2, 0.25) is 0 Å². The summed E-state index contributed by atoms with van der Waals surface area (Å²) in [5.74, 6) is -0.304. The summed E-state index contributed by atoms with van der Waals surface area (Å²) in [6, 6.07) is 4.52. The second-order valence-corrected chi connectivity index (χ2v) is 5.70. The summed E-state index contributed by atoms with van der Waals surface area (Å²) in [4.78, 5) is 2.39. The Balaban J connectivity index is 1.91. The molecular weight excluding hydrogens is 220 g/mol.